The predicted octanol–water partition coefficient (Wildman–Crippen LogP) is 4.65. The van der Waals surface area contributed by atoms with Crippen molar-refractivity contribution in [2.45, 2.75) is 20.0 Å². The van der Waals surface area contributed by atoms with E-state index in [0.29, 0.717) is 33.3 Å². The predicted molar refractivity (Wildman–Crippen MR) is 102 cm³/mol. The van der Waals surface area contributed by atoms with Crippen molar-refractivity contribution < 1.29 is 31.1 Å². The number of esters is 1. The first-order chi connectivity index (χ1) is 13.6. The van der Waals surface area contributed by atoms with E-state index in [1.165, 1.54) is 13.2 Å². The number of rotatable bonds is 2. The molecule has 0 saturated carbocycles. The summed E-state index contributed by atoms with van der Waals surface area (Å²) in [6.07, 6.45) is -4.46. The van der Waals surface area contributed by atoms with Gasteiger partial charge >= 0.3 is 23.7 Å². The Balaban J connectivity index is 0.000000941. The molecular formula is C20H16F3NO4S. The lowest BCUT2D eigenvalue weighted by molar-refractivity contribution is -0.137. The van der Waals surface area contributed by atoms with Crippen LogP contribution in [0.25, 0.3) is 22.2 Å². The van der Waals surface area contributed by atoms with Gasteiger partial charge in [0.2, 0.25) is 0 Å². The molecule has 1 heterocycles. The molecule has 3 rings (SSSR count). The lowest BCUT2D eigenvalue weighted by atomic mass is 9.96. The Morgan fingerprint density at radius 1 is 1.07 bits per heavy atom. The highest BCUT2D eigenvalue weighted by Crippen LogP contribution is 2.35. The Kier molecular flexibility index (Phi) is 6.86. The normalized spacial score (nSPS) is 10.8. The number of benzene rings is 2. The van der Waals surface area contributed by atoms with Crippen LogP contribution in [0.2, 0.25) is 0 Å². The largest absolute Gasteiger partial charge is 0.465 e. The first-order valence-corrected chi connectivity index (χ1v) is 8.89. The minimum Gasteiger partial charge on any atom is -0.465 e. The summed E-state index contributed by atoms with van der Waals surface area (Å²) < 4.78 is 60.6. The lowest BCUT2D eigenvalue weighted by Gasteiger charge is -2.15. The zero-order chi connectivity index (χ0) is 21.8. The van der Waals surface area contributed by atoms with Crippen LogP contribution >= 0.6 is 0 Å². The van der Waals surface area contributed by atoms with Crippen LogP contribution in [-0.4, -0.2) is 26.5 Å². The third-order valence-corrected chi connectivity index (χ3v) is 4.24. The van der Waals surface area contributed by atoms with Gasteiger partial charge in [-0.15, -0.1) is 0 Å². The van der Waals surface area contributed by atoms with Crippen molar-refractivity contribution in [1.29, 1.82) is 0 Å². The number of ether oxygens (including phenoxy) is 1. The summed E-state index contributed by atoms with van der Waals surface area (Å²) in [5.41, 5.74) is 2.12. The van der Waals surface area contributed by atoms with E-state index in [9.17, 15) is 18.0 Å². The maximum atomic E-state index is 13.0. The summed E-state index contributed by atoms with van der Waals surface area (Å²) in [4.78, 5) is 16.9. The third kappa shape index (κ3) is 4.86. The van der Waals surface area contributed by atoms with E-state index < -0.39 is 29.3 Å². The van der Waals surface area contributed by atoms with Crippen molar-refractivity contribution in [3.63, 3.8) is 0 Å². The van der Waals surface area contributed by atoms with Gasteiger partial charge in [0.15, 0.2) is 0 Å². The number of aromatic nitrogens is 1. The van der Waals surface area contributed by atoms with Crippen molar-refractivity contribution in [2.24, 2.45) is 0 Å². The van der Waals surface area contributed by atoms with Crippen LogP contribution in [-0.2, 0) is 22.5 Å². The van der Waals surface area contributed by atoms with Crippen LogP contribution in [0.5, 0.6) is 0 Å². The molecule has 0 spiro atoms. The number of carbonyl (C=O) groups excluding carboxylic acids is 1. The SMILES string of the molecule is COC(=O)c1c(C)c(-c2cccc(C(F)(F)F)c2)nc2ccc(C)cc12.O=S=O. The molecule has 152 valence electrons. The van der Waals surface area contributed by atoms with Crippen LogP contribution in [0.15, 0.2) is 42.5 Å². The fourth-order valence-electron chi connectivity index (χ4n) is 2.96. The minimum atomic E-state index is -4.46. The molecular weight excluding hydrogens is 407 g/mol. The Morgan fingerprint density at radius 2 is 1.72 bits per heavy atom. The Labute approximate surface area is 168 Å². The lowest BCUT2D eigenvalue weighted by Crippen LogP contribution is -2.08. The minimum absolute atomic E-state index is 0.296. The van der Waals surface area contributed by atoms with Crippen LogP contribution in [0.3, 0.4) is 0 Å². The second kappa shape index (κ2) is 8.95. The van der Waals surface area contributed by atoms with Gasteiger partial charge in [-0.05, 0) is 43.7 Å². The highest BCUT2D eigenvalue weighted by molar-refractivity contribution is 7.51. The molecule has 0 aliphatic heterocycles. The van der Waals surface area contributed by atoms with Crippen LogP contribution in [0.1, 0.15) is 27.0 Å². The fraction of sp³-hybridized carbons (Fsp3) is 0.200. The second-order valence-corrected chi connectivity index (χ2v) is 6.26. The molecule has 29 heavy (non-hydrogen) atoms. The van der Waals surface area contributed by atoms with Gasteiger partial charge in [-0.1, -0.05) is 23.8 Å². The first kappa shape index (κ1) is 22.2. The van der Waals surface area contributed by atoms with E-state index in [4.69, 9.17) is 13.2 Å². The van der Waals surface area contributed by atoms with Gasteiger partial charge in [0.05, 0.1) is 29.4 Å². The molecule has 0 unspecified atom stereocenters. The van der Waals surface area contributed by atoms with Gasteiger partial charge in [0.1, 0.15) is 0 Å². The Bertz CT molecular complexity index is 1110. The van der Waals surface area contributed by atoms with Crippen molar-refractivity contribution in [3.8, 4) is 11.3 Å². The molecule has 0 aliphatic rings. The van der Waals surface area contributed by atoms with Gasteiger partial charge in [-0.2, -0.15) is 21.6 Å². The maximum absolute atomic E-state index is 13.0. The topological polar surface area (TPSA) is 73.3 Å². The van der Waals surface area contributed by atoms with Crippen molar-refractivity contribution in [1.82, 2.24) is 4.98 Å². The summed E-state index contributed by atoms with van der Waals surface area (Å²) in [5, 5.41) is 0.616. The molecule has 0 saturated heterocycles. The average Bonchev–Trinajstić information content (AvgIpc) is 2.67. The molecule has 2 aromatic carbocycles. The summed E-state index contributed by atoms with van der Waals surface area (Å²) >= 11 is -0.750. The monoisotopic (exact) mass is 423 g/mol. The van der Waals surface area contributed by atoms with Gasteiger partial charge in [-0.25, -0.2) is 9.78 Å². The number of carbonyl (C=O) groups is 1. The quantitative estimate of drug-likeness (QED) is 0.561. The van der Waals surface area contributed by atoms with E-state index in [1.807, 2.05) is 19.1 Å². The molecule has 9 heteroatoms. The fourth-order valence-corrected chi connectivity index (χ4v) is 2.96. The molecule has 0 N–H and O–H groups in total. The van der Waals surface area contributed by atoms with Gasteiger partial charge in [-0.3, -0.25) is 0 Å². The van der Waals surface area contributed by atoms with Crippen molar-refractivity contribution in [2.75, 3.05) is 7.11 Å². The van der Waals surface area contributed by atoms with E-state index in [1.54, 1.807) is 19.1 Å². The zero-order valence-electron chi connectivity index (χ0n) is 15.7. The number of methoxy groups -OCH3 is 1. The van der Waals surface area contributed by atoms with Gasteiger partial charge in [0, 0.05) is 10.9 Å². The number of hydrogen-bond donors (Lipinski definition) is 0. The Hall–Kier alpha value is -3.07. The summed E-state index contributed by atoms with van der Waals surface area (Å²) in [5.74, 6) is -0.547. The van der Waals surface area contributed by atoms with Crippen LogP contribution in [0.4, 0.5) is 13.2 Å². The van der Waals surface area contributed by atoms with Crippen molar-refractivity contribution >= 4 is 28.4 Å². The number of nitrogens with zero attached hydrogens (tertiary/aromatic N) is 1. The Morgan fingerprint density at radius 3 is 2.31 bits per heavy atom. The van der Waals surface area contributed by atoms with E-state index in [2.05, 4.69) is 4.98 Å². The van der Waals surface area contributed by atoms with E-state index >= 15 is 0 Å². The van der Waals surface area contributed by atoms with Gasteiger partial charge < -0.3 is 4.74 Å². The smallest absolute Gasteiger partial charge is 0.416 e. The number of halogens is 3. The molecule has 5 nitrogen and oxygen atoms in total. The highest BCUT2D eigenvalue weighted by Gasteiger charge is 2.31. The number of alkyl halides is 3. The van der Waals surface area contributed by atoms with Crippen molar-refractivity contribution in [3.05, 3.63) is 64.7 Å². The second-order valence-electron chi connectivity index (χ2n) is 6.12. The maximum Gasteiger partial charge on any atom is 0.416 e. The number of hydrogen-bond acceptors (Lipinski definition) is 5. The van der Waals surface area contributed by atoms with Crippen LogP contribution < -0.4 is 0 Å². The standard InChI is InChI=1S/C20H16F3NO2.O2S/c1-11-7-8-16-15(9-11)17(19(25)26-3)12(2)18(24-16)13-5-4-6-14(10-13)20(21,22)23;1-3-2/h4-10H,1-3H3;. The van der Waals surface area contributed by atoms with Gasteiger partial charge in [0.25, 0.3) is 0 Å². The molecule has 0 radical (unpaired) electrons. The average molecular weight is 423 g/mol. The molecule has 0 aliphatic carbocycles. The summed E-state index contributed by atoms with van der Waals surface area (Å²) in [6, 6.07) is 10.3. The van der Waals surface area contributed by atoms with E-state index in [0.717, 1.165) is 17.7 Å². The molecule has 3 aromatic rings. The summed E-state index contributed by atoms with van der Waals surface area (Å²) in [6.45, 7) is 3.55. The third-order valence-electron chi connectivity index (χ3n) is 4.24. The molecule has 0 amide bonds. The number of aryl methyl sites for hydroxylation is 1. The highest BCUT2D eigenvalue weighted by atomic mass is 32.1. The zero-order valence-corrected chi connectivity index (χ0v) is 16.5. The molecule has 0 atom stereocenters. The number of pyridine rings is 1. The molecule has 1 aromatic heterocycles. The summed E-state index contributed by atoms with van der Waals surface area (Å²) in [7, 11) is 1.27. The molecule has 0 bridgehead atoms. The van der Waals surface area contributed by atoms with E-state index in [-0.39, 0.29) is 0 Å². The molecule has 0 fully saturated rings. The van der Waals surface area contributed by atoms with Crippen LogP contribution in [0, 0.1) is 13.8 Å². The number of fused-ring (bicyclic) bond motifs is 1. The first-order valence-electron chi connectivity index (χ1n) is 8.22.